The minimum absolute atomic E-state index is 0.174. The number of Topliss-reactive ketones (excluding diaryl/α,β-unsaturated/α-hetero) is 1. The summed E-state index contributed by atoms with van der Waals surface area (Å²) in [5.74, 6) is -1.23. The van der Waals surface area contributed by atoms with Crippen LogP contribution >= 0.6 is 11.3 Å². The second-order valence-electron chi connectivity index (χ2n) is 7.75. The van der Waals surface area contributed by atoms with Gasteiger partial charge in [0.15, 0.2) is 10.9 Å². The molecule has 9 nitrogen and oxygen atoms in total. The third-order valence-corrected chi connectivity index (χ3v) is 6.18. The van der Waals surface area contributed by atoms with Gasteiger partial charge in [-0.1, -0.05) is 12.1 Å². The Morgan fingerprint density at radius 1 is 1.29 bits per heavy atom. The molecule has 180 valence electrons. The van der Waals surface area contributed by atoms with E-state index in [0.29, 0.717) is 27.7 Å². The molecule has 1 N–H and O–H groups in total. The number of nitrogens with one attached hydrogen (secondary N) is 1. The maximum absolute atomic E-state index is 12.7. The van der Waals surface area contributed by atoms with Crippen LogP contribution in [0.1, 0.15) is 41.6 Å². The van der Waals surface area contributed by atoms with Crippen molar-refractivity contribution in [3.8, 4) is 17.0 Å². The van der Waals surface area contributed by atoms with Crippen LogP contribution in [0.2, 0.25) is 0 Å². The largest absolute Gasteiger partial charge is 0.784 e. The first kappa shape index (κ1) is 23.9. The molecule has 1 aromatic carbocycles. The van der Waals surface area contributed by atoms with Crippen molar-refractivity contribution in [2.24, 2.45) is 7.05 Å². The van der Waals surface area contributed by atoms with Crippen molar-refractivity contribution in [1.29, 1.82) is 0 Å². The molecule has 13 heteroatoms. The quantitative estimate of drug-likeness (QED) is 0.569. The lowest BCUT2D eigenvalue weighted by Crippen LogP contribution is -2.42. The third-order valence-electron chi connectivity index (χ3n) is 5.42. The van der Waals surface area contributed by atoms with Crippen molar-refractivity contribution in [3.63, 3.8) is 0 Å². The maximum Gasteiger partial charge on any atom is 0.573 e. The lowest BCUT2D eigenvalue weighted by molar-refractivity contribution is -0.274. The second-order valence-corrected chi connectivity index (χ2v) is 8.60. The zero-order valence-corrected chi connectivity index (χ0v) is 19.0. The monoisotopic (exact) mass is 494 g/mol. The van der Waals surface area contributed by atoms with Gasteiger partial charge >= 0.3 is 6.36 Å². The number of carbonyl (C=O) groups excluding carboxylic acids is 2. The second kappa shape index (κ2) is 8.81. The molecule has 1 amide bonds. The van der Waals surface area contributed by atoms with E-state index >= 15 is 0 Å². The number of ether oxygens (including phenoxy) is 1. The van der Waals surface area contributed by atoms with E-state index in [4.69, 9.17) is 0 Å². The van der Waals surface area contributed by atoms with Crippen molar-refractivity contribution < 1.29 is 27.5 Å². The standard InChI is InChI=1S/C21H19F3N5O4S/c1-10-18-17(19(31)11(2)29(10)32)15(28(3)27-18)8-16(30)26-20-25-14(9-34-20)12-5-4-6-13(7-12)33-21(22,23)24/h4-7,9-11H,8H2,1-3H3,(H,25,26,30)/q-1. The average molecular weight is 494 g/mol. The molecule has 2 aromatic heterocycles. The molecule has 0 aliphatic carbocycles. The average Bonchev–Trinajstić information content (AvgIpc) is 3.34. The summed E-state index contributed by atoms with van der Waals surface area (Å²) in [6.07, 6.45) is -4.99. The van der Waals surface area contributed by atoms with E-state index in [9.17, 15) is 28.0 Å². The minimum Gasteiger partial charge on any atom is -0.784 e. The number of aryl methyl sites for hydroxylation is 1. The Labute approximate surface area is 195 Å². The van der Waals surface area contributed by atoms with Crippen molar-refractivity contribution in [1.82, 2.24) is 19.8 Å². The number of benzene rings is 1. The van der Waals surface area contributed by atoms with Gasteiger partial charge in [-0.05, 0) is 26.0 Å². The summed E-state index contributed by atoms with van der Waals surface area (Å²) in [5, 5.41) is 21.6. The fraction of sp³-hybridized carbons (Fsp3) is 0.333. The predicted molar refractivity (Wildman–Crippen MR) is 117 cm³/mol. The highest BCUT2D eigenvalue weighted by Gasteiger charge is 2.36. The Morgan fingerprint density at radius 3 is 2.74 bits per heavy atom. The van der Waals surface area contributed by atoms with Crippen LogP contribution in [0.15, 0.2) is 29.6 Å². The molecule has 2 atom stereocenters. The lowest BCUT2D eigenvalue weighted by atomic mass is 9.93. The van der Waals surface area contributed by atoms with Gasteiger partial charge in [-0.2, -0.15) is 5.10 Å². The first-order valence-corrected chi connectivity index (χ1v) is 11.0. The van der Waals surface area contributed by atoms with Crippen LogP contribution in [0, 0.1) is 5.21 Å². The molecular weight excluding hydrogens is 475 g/mol. The summed E-state index contributed by atoms with van der Waals surface area (Å²) in [6.45, 7) is 3.16. The number of amides is 1. The Hall–Kier alpha value is -3.29. The van der Waals surface area contributed by atoms with E-state index < -0.39 is 30.1 Å². The first-order chi connectivity index (χ1) is 15.9. The van der Waals surface area contributed by atoms with Crippen molar-refractivity contribution in [3.05, 3.63) is 51.8 Å². The molecule has 0 saturated heterocycles. The summed E-state index contributed by atoms with van der Waals surface area (Å²) < 4.78 is 42.8. The Bertz CT molecular complexity index is 1260. The van der Waals surface area contributed by atoms with Gasteiger partial charge in [-0.15, -0.1) is 24.5 Å². The van der Waals surface area contributed by atoms with Gasteiger partial charge in [0.25, 0.3) is 0 Å². The molecule has 2 unspecified atom stereocenters. The normalized spacial score (nSPS) is 18.6. The molecular formula is C21H19F3N5O4S-. The molecule has 3 aromatic rings. The number of hydroxylamine groups is 2. The molecule has 0 saturated carbocycles. The number of ketones is 1. The lowest BCUT2D eigenvalue weighted by Gasteiger charge is -2.42. The molecule has 0 radical (unpaired) electrons. The smallest absolute Gasteiger partial charge is 0.573 e. The summed E-state index contributed by atoms with van der Waals surface area (Å²) >= 11 is 1.10. The zero-order valence-electron chi connectivity index (χ0n) is 18.2. The number of rotatable bonds is 5. The van der Waals surface area contributed by atoms with E-state index in [1.807, 2.05) is 0 Å². The van der Waals surface area contributed by atoms with Crippen LogP contribution in [0.5, 0.6) is 5.75 Å². The fourth-order valence-corrected chi connectivity index (χ4v) is 4.49. The van der Waals surface area contributed by atoms with Crippen LogP contribution in [0.4, 0.5) is 18.3 Å². The highest BCUT2D eigenvalue weighted by Crippen LogP contribution is 2.34. The highest BCUT2D eigenvalue weighted by molar-refractivity contribution is 7.14. The summed E-state index contributed by atoms with van der Waals surface area (Å²) in [5.41, 5.74) is 1.75. The van der Waals surface area contributed by atoms with Crippen molar-refractivity contribution >= 4 is 28.2 Å². The fourth-order valence-electron chi connectivity index (χ4n) is 3.76. The van der Waals surface area contributed by atoms with Crippen LogP contribution < -0.4 is 10.1 Å². The van der Waals surface area contributed by atoms with Crippen LogP contribution in [0.3, 0.4) is 0 Å². The van der Waals surface area contributed by atoms with Gasteiger partial charge in [-0.3, -0.25) is 14.3 Å². The number of hydrogen-bond donors (Lipinski definition) is 1. The van der Waals surface area contributed by atoms with Gasteiger partial charge < -0.3 is 20.3 Å². The summed E-state index contributed by atoms with van der Waals surface area (Å²) in [7, 11) is 1.60. The first-order valence-electron chi connectivity index (χ1n) is 10.1. The number of halogens is 3. The van der Waals surface area contributed by atoms with Gasteiger partial charge in [0.05, 0.1) is 35.1 Å². The van der Waals surface area contributed by atoms with Crippen LogP contribution in [-0.4, -0.2) is 43.9 Å². The number of anilines is 1. The summed E-state index contributed by atoms with van der Waals surface area (Å²) in [4.78, 5) is 29.7. The molecule has 0 spiro atoms. The van der Waals surface area contributed by atoms with E-state index in [1.165, 1.54) is 29.8 Å². The topological polar surface area (TPSA) is 112 Å². The van der Waals surface area contributed by atoms with Gasteiger partial charge in [0.1, 0.15) is 5.75 Å². The van der Waals surface area contributed by atoms with Crippen LogP contribution in [0.25, 0.3) is 11.3 Å². The van der Waals surface area contributed by atoms with E-state index in [2.05, 4.69) is 20.1 Å². The molecule has 0 bridgehead atoms. The maximum atomic E-state index is 12.7. The number of nitrogens with zero attached hydrogens (tertiary/aromatic N) is 4. The number of thiazole rings is 1. The van der Waals surface area contributed by atoms with Gasteiger partial charge in [-0.25, -0.2) is 4.98 Å². The molecule has 4 rings (SSSR count). The van der Waals surface area contributed by atoms with E-state index in [0.717, 1.165) is 11.3 Å². The van der Waals surface area contributed by atoms with E-state index in [-0.39, 0.29) is 22.9 Å². The number of hydrogen-bond acceptors (Lipinski definition) is 8. The highest BCUT2D eigenvalue weighted by atomic mass is 32.1. The predicted octanol–water partition coefficient (Wildman–Crippen LogP) is 4.07. The SMILES string of the molecule is CC1C(=O)c2c(nn(C)c2CC(=O)Nc2nc(-c3cccc(OC(F)(F)F)c3)cs2)C(C)N1[O-]. The van der Waals surface area contributed by atoms with Gasteiger partial charge in [0, 0.05) is 24.0 Å². The molecule has 34 heavy (non-hydrogen) atoms. The van der Waals surface area contributed by atoms with Gasteiger partial charge in [0.2, 0.25) is 5.91 Å². The molecule has 0 fully saturated rings. The number of alkyl halides is 3. The Morgan fingerprint density at radius 2 is 2.03 bits per heavy atom. The van der Waals surface area contributed by atoms with Crippen molar-refractivity contribution in [2.75, 3.05) is 5.32 Å². The Balaban J connectivity index is 1.50. The molecule has 1 aliphatic rings. The zero-order chi connectivity index (χ0) is 24.8. The number of aromatic nitrogens is 3. The van der Waals surface area contributed by atoms with Crippen molar-refractivity contribution in [2.45, 2.75) is 38.7 Å². The Kier molecular flexibility index (Phi) is 6.18. The summed E-state index contributed by atoms with van der Waals surface area (Å²) in [6, 6.07) is 3.84. The minimum atomic E-state index is -4.81. The molecule has 3 heterocycles. The number of carbonyl (C=O) groups is 2. The third kappa shape index (κ3) is 4.67. The van der Waals surface area contributed by atoms with E-state index in [1.54, 1.807) is 25.4 Å². The number of fused-ring (bicyclic) bond motifs is 1. The molecule has 1 aliphatic heterocycles. The van der Waals surface area contributed by atoms with Crippen LogP contribution in [-0.2, 0) is 18.3 Å².